The van der Waals surface area contributed by atoms with Crippen molar-refractivity contribution in [2.75, 3.05) is 39.5 Å². The maximum absolute atomic E-state index is 16.3. The van der Waals surface area contributed by atoms with Crippen LogP contribution in [0.4, 0.5) is 4.39 Å². The van der Waals surface area contributed by atoms with Gasteiger partial charge in [0.1, 0.15) is 11.6 Å². The van der Waals surface area contributed by atoms with Crippen molar-refractivity contribution < 1.29 is 28.2 Å². The van der Waals surface area contributed by atoms with Crippen LogP contribution in [0.5, 0.6) is 5.75 Å². The predicted octanol–water partition coefficient (Wildman–Crippen LogP) is 9.92. The molecule has 0 aliphatic heterocycles. The molecule has 0 atom stereocenters. The molecule has 322 valence electrons. The van der Waals surface area contributed by atoms with E-state index in [0.717, 1.165) is 57.7 Å². The molecule has 0 saturated heterocycles. The van der Waals surface area contributed by atoms with Crippen LogP contribution in [0, 0.1) is 17.2 Å². The Kier molecular flexibility index (Phi) is 18.8. The van der Waals surface area contributed by atoms with Gasteiger partial charge in [-0.1, -0.05) is 83.0 Å². The Labute approximate surface area is 353 Å². The van der Waals surface area contributed by atoms with Crippen molar-refractivity contribution in [2.45, 2.75) is 117 Å². The summed E-state index contributed by atoms with van der Waals surface area (Å²) in [5, 5.41) is 0. The molecule has 3 aromatic carbocycles. The zero-order chi connectivity index (χ0) is 43.0. The Bertz CT molecular complexity index is 1870. The number of carbonyl (C=O) groups excluding carboxylic acids is 2. The second-order valence-electron chi connectivity index (χ2n) is 16.7. The number of hydrogen-bond donors (Lipinski definition) is 3. The van der Waals surface area contributed by atoms with Crippen LogP contribution < -0.4 is 21.9 Å². The third-order valence-electron chi connectivity index (χ3n) is 12.1. The molecule has 1 aliphatic carbocycles. The van der Waals surface area contributed by atoms with E-state index in [4.69, 9.17) is 31.4 Å². The van der Waals surface area contributed by atoms with Crippen LogP contribution in [-0.2, 0) is 38.3 Å². The second-order valence-corrected chi connectivity index (χ2v) is 16.7. The highest BCUT2D eigenvalue weighted by molar-refractivity contribution is 5.87. The van der Waals surface area contributed by atoms with E-state index in [9.17, 15) is 9.59 Å². The SMILES string of the molecule is C=C(C)C(=O)OCCCc1cc(-c2cc(CC)c(-c3ccc(C4CCC(CCCCC)CC4)cc3F)cc2CCCOC(=O)C(=C)C)ccc1OCC(CN)(CN)CN. The van der Waals surface area contributed by atoms with E-state index in [1.165, 1.54) is 38.5 Å². The third-order valence-corrected chi connectivity index (χ3v) is 12.1. The zero-order valence-corrected chi connectivity index (χ0v) is 36.3. The largest absolute Gasteiger partial charge is 0.493 e. The molecule has 0 bridgehead atoms. The number of halogens is 1. The van der Waals surface area contributed by atoms with Gasteiger partial charge < -0.3 is 31.4 Å². The molecule has 0 amide bonds. The number of carbonyl (C=O) groups is 2. The molecular weight excluding hydrogens is 742 g/mol. The van der Waals surface area contributed by atoms with Crippen LogP contribution in [0.15, 0.2) is 72.8 Å². The Morgan fingerprint density at radius 3 is 1.90 bits per heavy atom. The van der Waals surface area contributed by atoms with Gasteiger partial charge in [0.25, 0.3) is 0 Å². The van der Waals surface area contributed by atoms with Crippen LogP contribution in [0.2, 0.25) is 0 Å². The minimum Gasteiger partial charge on any atom is -0.493 e. The van der Waals surface area contributed by atoms with E-state index in [2.05, 4.69) is 51.3 Å². The summed E-state index contributed by atoms with van der Waals surface area (Å²) in [6, 6.07) is 16.3. The summed E-state index contributed by atoms with van der Waals surface area (Å²) in [7, 11) is 0. The van der Waals surface area contributed by atoms with E-state index >= 15 is 4.39 Å². The summed E-state index contributed by atoms with van der Waals surface area (Å²) in [5.41, 5.74) is 25.9. The van der Waals surface area contributed by atoms with Gasteiger partial charge in [0, 0.05) is 41.8 Å². The Balaban J connectivity index is 1.71. The van der Waals surface area contributed by atoms with Gasteiger partial charge in [0.05, 0.1) is 19.8 Å². The Hall–Kier alpha value is -4.31. The standard InChI is InChI=1S/C50H70FN3O5/c1-7-9-10-13-36-16-18-38(19-17-36)39-20-22-43(46(51)29-39)45-28-40(14-11-24-57-48(55)34(3)4)44(27-37(45)8-2)41-21-23-47(59-33-50(30-52,31-53)32-54)42(26-41)15-12-25-58-49(56)35(5)6/h20-23,26-29,36,38H,3,5,7-19,24-25,30-33,52-54H2,1-2,4,6H3. The molecule has 9 heteroatoms. The Morgan fingerprint density at radius 1 is 0.729 bits per heavy atom. The maximum Gasteiger partial charge on any atom is 0.333 e. The third kappa shape index (κ3) is 13.3. The van der Waals surface area contributed by atoms with Crippen molar-refractivity contribution in [3.05, 3.63) is 101 Å². The predicted molar refractivity (Wildman–Crippen MR) is 239 cm³/mol. The Morgan fingerprint density at radius 2 is 1.34 bits per heavy atom. The molecule has 3 aromatic rings. The van der Waals surface area contributed by atoms with Crippen molar-refractivity contribution in [1.82, 2.24) is 0 Å². The van der Waals surface area contributed by atoms with Crippen LogP contribution in [0.1, 0.15) is 120 Å². The topological polar surface area (TPSA) is 140 Å². The fourth-order valence-electron chi connectivity index (χ4n) is 8.02. The lowest BCUT2D eigenvalue weighted by atomic mass is 9.76. The molecule has 59 heavy (non-hydrogen) atoms. The van der Waals surface area contributed by atoms with Crippen LogP contribution in [-0.4, -0.2) is 51.4 Å². The van der Waals surface area contributed by atoms with E-state index in [1.807, 2.05) is 18.2 Å². The molecule has 1 saturated carbocycles. The first-order chi connectivity index (χ1) is 28.4. The number of unbranched alkanes of at least 4 members (excludes halogenated alkanes) is 2. The van der Waals surface area contributed by atoms with Gasteiger partial charge in [0.2, 0.25) is 0 Å². The average Bonchev–Trinajstić information content (AvgIpc) is 3.24. The minimum absolute atomic E-state index is 0.198. The number of ether oxygens (including phenoxy) is 3. The lowest BCUT2D eigenvalue weighted by Crippen LogP contribution is -2.48. The zero-order valence-electron chi connectivity index (χ0n) is 36.3. The highest BCUT2D eigenvalue weighted by Gasteiger charge is 2.28. The van der Waals surface area contributed by atoms with Crippen molar-refractivity contribution in [1.29, 1.82) is 0 Å². The van der Waals surface area contributed by atoms with Crippen molar-refractivity contribution in [2.24, 2.45) is 28.5 Å². The first-order valence-corrected chi connectivity index (χ1v) is 21.9. The van der Waals surface area contributed by atoms with Crippen LogP contribution in [0.3, 0.4) is 0 Å². The molecule has 0 spiro atoms. The normalized spacial score (nSPS) is 15.5. The first kappa shape index (κ1) is 47.4. The number of nitrogens with two attached hydrogens (primary N) is 3. The van der Waals surface area contributed by atoms with Gasteiger partial charge in [-0.15, -0.1) is 0 Å². The summed E-state index contributed by atoms with van der Waals surface area (Å²) in [5.74, 6) is 0.818. The second kappa shape index (κ2) is 23.5. The van der Waals surface area contributed by atoms with Crippen LogP contribution in [0.25, 0.3) is 22.3 Å². The van der Waals surface area contributed by atoms with E-state index in [1.54, 1.807) is 19.9 Å². The van der Waals surface area contributed by atoms with Gasteiger partial charge in [-0.3, -0.25) is 0 Å². The summed E-state index contributed by atoms with van der Waals surface area (Å²) < 4.78 is 33.6. The fourth-order valence-corrected chi connectivity index (χ4v) is 8.02. The van der Waals surface area contributed by atoms with Gasteiger partial charge >= 0.3 is 11.9 Å². The smallest absolute Gasteiger partial charge is 0.333 e. The molecule has 1 aliphatic rings. The molecule has 0 heterocycles. The summed E-state index contributed by atoms with van der Waals surface area (Å²) in [6.07, 6.45) is 12.8. The number of rotatable bonds is 24. The summed E-state index contributed by atoms with van der Waals surface area (Å²) in [6.45, 7) is 16.5. The number of aryl methyl sites for hydroxylation is 3. The molecule has 4 rings (SSSR count). The van der Waals surface area contributed by atoms with E-state index in [0.29, 0.717) is 60.5 Å². The molecular formula is C50H70FN3O5. The number of hydrogen-bond acceptors (Lipinski definition) is 8. The molecule has 1 fully saturated rings. The van der Waals surface area contributed by atoms with Crippen molar-refractivity contribution in [3.63, 3.8) is 0 Å². The van der Waals surface area contributed by atoms with Gasteiger partial charge in [-0.05, 0) is 141 Å². The van der Waals surface area contributed by atoms with Crippen LogP contribution >= 0.6 is 0 Å². The fraction of sp³-hybridized carbons (Fsp3) is 0.520. The van der Waals surface area contributed by atoms with Gasteiger partial charge in [-0.25, -0.2) is 14.0 Å². The van der Waals surface area contributed by atoms with Crippen molar-refractivity contribution >= 4 is 11.9 Å². The minimum atomic E-state index is -0.569. The van der Waals surface area contributed by atoms with Gasteiger partial charge in [-0.2, -0.15) is 0 Å². The molecule has 0 radical (unpaired) electrons. The monoisotopic (exact) mass is 812 g/mol. The lowest BCUT2D eigenvalue weighted by Gasteiger charge is -2.29. The van der Waals surface area contributed by atoms with Gasteiger partial charge in [0.15, 0.2) is 0 Å². The lowest BCUT2D eigenvalue weighted by molar-refractivity contribution is -0.139. The molecule has 8 nitrogen and oxygen atoms in total. The molecule has 6 N–H and O–H groups in total. The van der Waals surface area contributed by atoms with E-state index in [-0.39, 0.29) is 45.3 Å². The van der Waals surface area contributed by atoms with E-state index < -0.39 is 17.4 Å². The highest BCUT2D eigenvalue weighted by atomic mass is 19.1. The summed E-state index contributed by atoms with van der Waals surface area (Å²) >= 11 is 0. The first-order valence-electron chi connectivity index (χ1n) is 21.9. The van der Waals surface area contributed by atoms with Crippen molar-refractivity contribution in [3.8, 4) is 28.0 Å². The quantitative estimate of drug-likeness (QED) is 0.0462. The highest BCUT2D eigenvalue weighted by Crippen LogP contribution is 2.41. The number of esters is 2. The summed E-state index contributed by atoms with van der Waals surface area (Å²) in [4.78, 5) is 24.3. The number of benzene rings is 3. The maximum atomic E-state index is 16.3. The molecule has 0 unspecified atom stereocenters. The molecule has 0 aromatic heterocycles. The average molecular weight is 812 g/mol.